The van der Waals surface area contributed by atoms with E-state index in [2.05, 4.69) is 10.6 Å². The maximum absolute atomic E-state index is 12.5. The molecule has 0 heterocycles. The van der Waals surface area contributed by atoms with Crippen LogP contribution >= 0.6 is 11.6 Å². The quantitative estimate of drug-likeness (QED) is 0.608. The summed E-state index contributed by atoms with van der Waals surface area (Å²) in [7, 11) is 3.00. The third kappa shape index (κ3) is 4.67. The Balaban J connectivity index is 1.75. The fourth-order valence-corrected chi connectivity index (χ4v) is 2.97. The topological polar surface area (TPSA) is 76.7 Å². The van der Waals surface area contributed by atoms with Crippen LogP contribution in [0, 0.1) is 0 Å². The van der Waals surface area contributed by atoms with Gasteiger partial charge in [-0.05, 0) is 42.5 Å². The Morgan fingerprint density at radius 1 is 0.759 bits per heavy atom. The third-order valence-electron chi connectivity index (χ3n) is 4.18. The zero-order valence-electron chi connectivity index (χ0n) is 15.9. The van der Waals surface area contributed by atoms with Gasteiger partial charge in [0.2, 0.25) is 0 Å². The Labute approximate surface area is 173 Å². The number of halogens is 1. The first kappa shape index (κ1) is 20.2. The van der Waals surface area contributed by atoms with Gasteiger partial charge in [0.05, 0.1) is 36.1 Å². The SMILES string of the molecule is COc1ccccc1C(=O)Nc1ccc(NC(=O)c2ccccc2OC)c(Cl)c1. The van der Waals surface area contributed by atoms with Crippen molar-refractivity contribution in [3.05, 3.63) is 82.9 Å². The van der Waals surface area contributed by atoms with E-state index in [4.69, 9.17) is 21.1 Å². The minimum Gasteiger partial charge on any atom is -0.496 e. The molecule has 3 rings (SSSR count). The highest BCUT2D eigenvalue weighted by Crippen LogP contribution is 2.28. The monoisotopic (exact) mass is 410 g/mol. The van der Waals surface area contributed by atoms with E-state index in [1.165, 1.54) is 14.2 Å². The van der Waals surface area contributed by atoms with Gasteiger partial charge in [0.1, 0.15) is 11.5 Å². The average molecular weight is 411 g/mol. The molecular formula is C22H19ClN2O4. The number of benzene rings is 3. The van der Waals surface area contributed by atoms with Gasteiger partial charge in [0.15, 0.2) is 0 Å². The van der Waals surface area contributed by atoms with Crippen molar-refractivity contribution in [3.63, 3.8) is 0 Å². The molecule has 0 spiro atoms. The number of rotatable bonds is 6. The van der Waals surface area contributed by atoms with Gasteiger partial charge < -0.3 is 20.1 Å². The van der Waals surface area contributed by atoms with E-state index >= 15 is 0 Å². The zero-order chi connectivity index (χ0) is 20.8. The van der Waals surface area contributed by atoms with Gasteiger partial charge in [-0.2, -0.15) is 0 Å². The van der Waals surface area contributed by atoms with Crippen LogP contribution in [0.4, 0.5) is 11.4 Å². The normalized spacial score (nSPS) is 10.2. The number of para-hydroxylation sites is 2. The fourth-order valence-electron chi connectivity index (χ4n) is 2.75. The van der Waals surface area contributed by atoms with Crippen LogP contribution in [0.3, 0.4) is 0 Å². The lowest BCUT2D eigenvalue weighted by Crippen LogP contribution is -2.15. The van der Waals surface area contributed by atoms with Gasteiger partial charge in [-0.25, -0.2) is 0 Å². The molecule has 2 amide bonds. The van der Waals surface area contributed by atoms with Crippen molar-refractivity contribution in [2.24, 2.45) is 0 Å². The van der Waals surface area contributed by atoms with E-state index in [0.29, 0.717) is 34.0 Å². The van der Waals surface area contributed by atoms with Crippen LogP contribution in [0.25, 0.3) is 0 Å². The molecule has 148 valence electrons. The smallest absolute Gasteiger partial charge is 0.259 e. The van der Waals surface area contributed by atoms with Crippen molar-refractivity contribution in [3.8, 4) is 11.5 Å². The summed E-state index contributed by atoms with van der Waals surface area (Å²) in [6.45, 7) is 0. The zero-order valence-corrected chi connectivity index (χ0v) is 16.6. The van der Waals surface area contributed by atoms with Crippen molar-refractivity contribution in [1.29, 1.82) is 0 Å². The van der Waals surface area contributed by atoms with Crippen LogP contribution in [0.2, 0.25) is 5.02 Å². The Morgan fingerprint density at radius 2 is 1.28 bits per heavy atom. The molecule has 0 aliphatic rings. The van der Waals surface area contributed by atoms with Crippen LogP contribution in [0.5, 0.6) is 11.5 Å². The van der Waals surface area contributed by atoms with Crippen molar-refractivity contribution in [2.45, 2.75) is 0 Å². The summed E-state index contributed by atoms with van der Waals surface area (Å²) in [5.74, 6) is 0.248. The predicted octanol–water partition coefficient (Wildman–Crippen LogP) is 4.86. The number of carbonyl (C=O) groups excluding carboxylic acids is 2. The molecule has 0 bridgehead atoms. The standard InChI is InChI=1S/C22H19ClN2O4/c1-28-19-9-5-3-7-15(19)21(26)24-14-11-12-18(17(23)13-14)25-22(27)16-8-4-6-10-20(16)29-2/h3-13H,1-2H3,(H,24,26)(H,25,27). The number of carbonyl (C=O) groups is 2. The fraction of sp³-hybridized carbons (Fsp3) is 0.0909. The van der Waals surface area contributed by atoms with Gasteiger partial charge in [-0.15, -0.1) is 0 Å². The van der Waals surface area contributed by atoms with Crippen LogP contribution in [-0.4, -0.2) is 26.0 Å². The number of hydrogen-bond acceptors (Lipinski definition) is 4. The molecule has 6 nitrogen and oxygen atoms in total. The maximum Gasteiger partial charge on any atom is 0.259 e. The van der Waals surface area contributed by atoms with Crippen molar-refractivity contribution in [2.75, 3.05) is 24.9 Å². The number of nitrogens with one attached hydrogen (secondary N) is 2. The van der Waals surface area contributed by atoms with E-state index in [1.807, 2.05) is 0 Å². The first-order valence-corrected chi connectivity index (χ1v) is 9.09. The molecule has 3 aromatic rings. The average Bonchev–Trinajstić information content (AvgIpc) is 2.75. The van der Waals surface area contributed by atoms with E-state index in [-0.39, 0.29) is 16.8 Å². The molecule has 0 aliphatic heterocycles. The second-order valence-corrected chi connectivity index (χ2v) is 6.41. The molecule has 0 atom stereocenters. The van der Waals surface area contributed by atoms with Gasteiger partial charge >= 0.3 is 0 Å². The summed E-state index contributed by atoms with van der Waals surface area (Å²) in [4.78, 5) is 25.0. The molecule has 0 fully saturated rings. The summed E-state index contributed by atoms with van der Waals surface area (Å²) in [6.07, 6.45) is 0. The lowest BCUT2D eigenvalue weighted by molar-refractivity contribution is 0.101. The van der Waals surface area contributed by atoms with E-state index in [1.54, 1.807) is 66.7 Å². The number of methoxy groups -OCH3 is 2. The molecule has 0 saturated heterocycles. The summed E-state index contributed by atoms with van der Waals surface area (Å²) in [5.41, 5.74) is 1.69. The van der Waals surface area contributed by atoms with E-state index in [9.17, 15) is 9.59 Å². The number of amides is 2. The minimum absolute atomic E-state index is 0.283. The van der Waals surface area contributed by atoms with Gasteiger partial charge in [0.25, 0.3) is 11.8 Å². The lowest BCUT2D eigenvalue weighted by Gasteiger charge is -2.12. The van der Waals surface area contributed by atoms with Gasteiger partial charge in [0, 0.05) is 5.69 Å². The summed E-state index contributed by atoms with van der Waals surface area (Å²) < 4.78 is 10.4. The molecule has 0 radical (unpaired) electrons. The van der Waals surface area contributed by atoms with E-state index < -0.39 is 0 Å². The van der Waals surface area contributed by atoms with Gasteiger partial charge in [-0.1, -0.05) is 35.9 Å². The molecule has 0 unspecified atom stereocenters. The highest BCUT2D eigenvalue weighted by molar-refractivity contribution is 6.34. The molecule has 3 aromatic carbocycles. The van der Waals surface area contributed by atoms with Crippen molar-refractivity contribution in [1.82, 2.24) is 0 Å². The summed E-state index contributed by atoms with van der Waals surface area (Å²) in [5, 5.41) is 5.80. The Morgan fingerprint density at radius 3 is 1.79 bits per heavy atom. The Bertz CT molecular complexity index is 1050. The molecule has 0 aromatic heterocycles. The molecule has 0 saturated carbocycles. The predicted molar refractivity (Wildman–Crippen MR) is 113 cm³/mol. The van der Waals surface area contributed by atoms with Crippen LogP contribution < -0.4 is 20.1 Å². The second kappa shape index (κ2) is 9.12. The summed E-state index contributed by atoms with van der Waals surface area (Å²) in [6, 6.07) is 18.6. The molecule has 7 heteroatoms. The first-order chi connectivity index (χ1) is 14.0. The van der Waals surface area contributed by atoms with Crippen molar-refractivity contribution < 1.29 is 19.1 Å². The van der Waals surface area contributed by atoms with E-state index in [0.717, 1.165) is 0 Å². The van der Waals surface area contributed by atoms with Crippen LogP contribution in [0.1, 0.15) is 20.7 Å². The number of hydrogen-bond donors (Lipinski definition) is 2. The minimum atomic E-state index is -0.352. The first-order valence-electron chi connectivity index (χ1n) is 8.71. The van der Waals surface area contributed by atoms with Crippen LogP contribution in [0.15, 0.2) is 66.7 Å². The Kier molecular flexibility index (Phi) is 6.36. The van der Waals surface area contributed by atoms with Crippen LogP contribution in [-0.2, 0) is 0 Å². The number of anilines is 2. The van der Waals surface area contributed by atoms with Gasteiger partial charge in [-0.3, -0.25) is 9.59 Å². The highest BCUT2D eigenvalue weighted by atomic mass is 35.5. The lowest BCUT2D eigenvalue weighted by atomic mass is 10.1. The Hall–Kier alpha value is -3.51. The maximum atomic E-state index is 12.5. The molecular weight excluding hydrogens is 392 g/mol. The molecule has 29 heavy (non-hydrogen) atoms. The molecule has 2 N–H and O–H groups in total. The molecule has 0 aliphatic carbocycles. The second-order valence-electron chi connectivity index (χ2n) is 6.00. The van der Waals surface area contributed by atoms with Crippen molar-refractivity contribution >= 4 is 34.8 Å². The largest absolute Gasteiger partial charge is 0.496 e. The highest BCUT2D eigenvalue weighted by Gasteiger charge is 2.15. The third-order valence-corrected chi connectivity index (χ3v) is 4.49. The summed E-state index contributed by atoms with van der Waals surface area (Å²) >= 11 is 6.30. The number of ether oxygens (including phenoxy) is 2.